The lowest BCUT2D eigenvalue weighted by molar-refractivity contribution is 0.0955. The zero-order valence-corrected chi connectivity index (χ0v) is 22.2. The number of halogens is 1. The Morgan fingerprint density at radius 1 is 1.06 bits per heavy atom. The lowest BCUT2D eigenvalue weighted by Gasteiger charge is -2.17. The van der Waals surface area contributed by atoms with Crippen molar-refractivity contribution in [2.24, 2.45) is 5.10 Å². The molecule has 7 heteroatoms. The van der Waals surface area contributed by atoms with E-state index in [1.54, 1.807) is 6.21 Å². The van der Waals surface area contributed by atoms with Crippen molar-refractivity contribution >= 4 is 40.4 Å². The second-order valence-electron chi connectivity index (χ2n) is 8.48. The molecule has 1 aliphatic rings. The van der Waals surface area contributed by atoms with E-state index in [0.717, 1.165) is 33.5 Å². The summed E-state index contributed by atoms with van der Waals surface area (Å²) in [5.74, 6) is 1.11. The van der Waals surface area contributed by atoms with Gasteiger partial charge in [0.25, 0.3) is 5.91 Å². The highest BCUT2D eigenvalue weighted by Crippen LogP contribution is 2.34. The van der Waals surface area contributed by atoms with E-state index in [1.807, 2.05) is 43.3 Å². The van der Waals surface area contributed by atoms with Crippen LogP contribution in [0.4, 0.5) is 5.69 Å². The van der Waals surface area contributed by atoms with Crippen LogP contribution in [0.2, 0.25) is 0 Å². The van der Waals surface area contributed by atoms with Crippen LogP contribution in [0.15, 0.2) is 65.8 Å². The first-order valence-corrected chi connectivity index (χ1v) is 12.9. The van der Waals surface area contributed by atoms with Gasteiger partial charge in [0.2, 0.25) is 0 Å². The number of nitrogens with zero attached hydrogens (tertiary/aromatic N) is 2. The number of nitrogens with one attached hydrogen (secondary N) is 1. The number of anilines is 1. The number of ether oxygens (including phenoxy) is 2. The summed E-state index contributed by atoms with van der Waals surface area (Å²) < 4.78 is 12.8. The summed E-state index contributed by atoms with van der Waals surface area (Å²) in [6.07, 6.45) is 4.06. The zero-order chi connectivity index (χ0) is 24.6. The number of hydrogen-bond acceptors (Lipinski definition) is 5. The smallest absolute Gasteiger partial charge is 0.271 e. The summed E-state index contributed by atoms with van der Waals surface area (Å²) in [4.78, 5) is 14.9. The van der Waals surface area contributed by atoms with Crippen molar-refractivity contribution in [2.75, 3.05) is 24.6 Å². The maximum atomic E-state index is 12.5. The quantitative estimate of drug-likeness (QED) is 0.193. The van der Waals surface area contributed by atoms with Crippen molar-refractivity contribution in [3.8, 4) is 11.5 Å². The molecule has 0 radical (unpaired) electrons. The van der Waals surface area contributed by atoms with Gasteiger partial charge in [0.1, 0.15) is 6.61 Å². The van der Waals surface area contributed by atoms with Gasteiger partial charge in [-0.2, -0.15) is 5.10 Å². The van der Waals surface area contributed by atoms with Gasteiger partial charge < -0.3 is 14.4 Å². The van der Waals surface area contributed by atoms with Crippen molar-refractivity contribution in [1.82, 2.24) is 5.43 Å². The van der Waals surface area contributed by atoms with E-state index in [9.17, 15) is 4.79 Å². The Kier molecular flexibility index (Phi) is 8.63. The number of amides is 1. The molecule has 0 aliphatic carbocycles. The van der Waals surface area contributed by atoms with Gasteiger partial charge in [-0.15, -0.1) is 0 Å². The largest absolute Gasteiger partial charge is 0.490 e. The van der Waals surface area contributed by atoms with Crippen molar-refractivity contribution < 1.29 is 14.3 Å². The Hall–Kier alpha value is -3.07. The summed E-state index contributed by atoms with van der Waals surface area (Å²) in [6.45, 7) is 7.13. The van der Waals surface area contributed by atoms with Crippen LogP contribution in [0.1, 0.15) is 46.8 Å². The number of hydrogen-bond donors (Lipinski definition) is 1. The van der Waals surface area contributed by atoms with Gasteiger partial charge in [0.15, 0.2) is 11.5 Å². The average Bonchev–Trinajstić information content (AvgIpc) is 3.40. The van der Waals surface area contributed by atoms with Crippen LogP contribution in [0, 0.1) is 10.5 Å². The third-order valence-corrected chi connectivity index (χ3v) is 6.62. The lowest BCUT2D eigenvalue weighted by atomic mass is 10.1. The van der Waals surface area contributed by atoms with Crippen LogP contribution < -0.4 is 19.8 Å². The highest BCUT2D eigenvalue weighted by molar-refractivity contribution is 14.1. The van der Waals surface area contributed by atoms with E-state index in [1.165, 1.54) is 18.4 Å². The molecule has 0 spiro atoms. The van der Waals surface area contributed by atoms with Crippen molar-refractivity contribution in [3.05, 3.63) is 86.5 Å². The maximum Gasteiger partial charge on any atom is 0.271 e. The molecule has 35 heavy (non-hydrogen) atoms. The molecule has 1 fully saturated rings. The molecule has 182 valence electrons. The molecule has 0 aromatic heterocycles. The fourth-order valence-corrected chi connectivity index (χ4v) is 4.72. The maximum absolute atomic E-state index is 12.5. The van der Waals surface area contributed by atoms with E-state index >= 15 is 0 Å². The average molecular weight is 583 g/mol. The minimum absolute atomic E-state index is 0.244. The van der Waals surface area contributed by atoms with E-state index in [4.69, 9.17) is 9.47 Å². The highest BCUT2D eigenvalue weighted by atomic mass is 127. The Morgan fingerprint density at radius 3 is 2.46 bits per heavy atom. The lowest BCUT2D eigenvalue weighted by Crippen LogP contribution is -2.19. The molecule has 1 saturated heterocycles. The van der Waals surface area contributed by atoms with Crippen molar-refractivity contribution in [2.45, 2.75) is 33.3 Å². The van der Waals surface area contributed by atoms with Gasteiger partial charge in [-0.05, 0) is 96.8 Å². The molecule has 1 heterocycles. The van der Waals surface area contributed by atoms with Gasteiger partial charge in [0, 0.05) is 24.3 Å². The van der Waals surface area contributed by atoms with Crippen LogP contribution in [0.5, 0.6) is 11.5 Å². The number of benzene rings is 3. The monoisotopic (exact) mass is 583 g/mol. The van der Waals surface area contributed by atoms with E-state index in [-0.39, 0.29) is 5.91 Å². The molecular formula is C28H30IN3O3. The number of aryl methyl sites for hydroxylation is 1. The van der Waals surface area contributed by atoms with Gasteiger partial charge in [0.05, 0.1) is 16.4 Å². The van der Waals surface area contributed by atoms with E-state index in [2.05, 4.69) is 69.2 Å². The Bertz CT molecular complexity index is 1170. The molecule has 4 rings (SSSR count). The number of rotatable bonds is 9. The van der Waals surface area contributed by atoms with Crippen LogP contribution in [0.25, 0.3) is 0 Å². The molecule has 1 amide bonds. The van der Waals surface area contributed by atoms with Crippen LogP contribution in [-0.2, 0) is 6.61 Å². The van der Waals surface area contributed by atoms with Crippen molar-refractivity contribution in [3.63, 3.8) is 0 Å². The normalized spacial score (nSPS) is 13.3. The topological polar surface area (TPSA) is 63.2 Å². The first kappa shape index (κ1) is 25.0. The summed E-state index contributed by atoms with van der Waals surface area (Å²) in [5.41, 5.74) is 7.47. The molecule has 6 nitrogen and oxygen atoms in total. The molecule has 3 aromatic carbocycles. The molecule has 0 atom stereocenters. The SMILES string of the molecule is CCOc1cc(/C=N\NC(=O)c2ccc(N3CCCC3)cc2)cc(I)c1OCc1ccc(C)cc1. The summed E-state index contributed by atoms with van der Waals surface area (Å²) >= 11 is 2.23. The van der Waals surface area contributed by atoms with Gasteiger partial charge >= 0.3 is 0 Å². The van der Waals surface area contributed by atoms with E-state index < -0.39 is 0 Å². The van der Waals surface area contributed by atoms with Crippen LogP contribution in [-0.4, -0.2) is 31.8 Å². The Morgan fingerprint density at radius 2 is 1.77 bits per heavy atom. The minimum Gasteiger partial charge on any atom is -0.490 e. The predicted octanol–water partition coefficient (Wildman–Crippen LogP) is 5.94. The molecular weight excluding hydrogens is 553 g/mol. The first-order valence-electron chi connectivity index (χ1n) is 11.9. The van der Waals surface area contributed by atoms with Crippen LogP contribution in [0.3, 0.4) is 0 Å². The predicted molar refractivity (Wildman–Crippen MR) is 149 cm³/mol. The first-order chi connectivity index (χ1) is 17.0. The highest BCUT2D eigenvalue weighted by Gasteiger charge is 2.14. The summed E-state index contributed by atoms with van der Waals surface area (Å²) in [7, 11) is 0. The zero-order valence-electron chi connectivity index (χ0n) is 20.1. The molecule has 3 aromatic rings. The molecule has 1 aliphatic heterocycles. The number of carbonyl (C=O) groups excluding carboxylic acids is 1. The fourth-order valence-electron chi connectivity index (χ4n) is 3.93. The summed E-state index contributed by atoms with van der Waals surface area (Å²) in [6, 6.07) is 19.8. The minimum atomic E-state index is -0.244. The van der Waals surface area contributed by atoms with E-state index in [0.29, 0.717) is 30.3 Å². The molecule has 0 bridgehead atoms. The van der Waals surface area contributed by atoms with Crippen LogP contribution >= 0.6 is 22.6 Å². The van der Waals surface area contributed by atoms with Gasteiger partial charge in [-0.25, -0.2) is 5.43 Å². The molecule has 0 unspecified atom stereocenters. The third-order valence-electron chi connectivity index (χ3n) is 5.82. The third kappa shape index (κ3) is 6.75. The molecule has 1 N–H and O–H groups in total. The van der Waals surface area contributed by atoms with Gasteiger partial charge in [-0.1, -0.05) is 29.8 Å². The Balaban J connectivity index is 1.40. The summed E-state index contributed by atoms with van der Waals surface area (Å²) in [5, 5.41) is 4.16. The molecule has 0 saturated carbocycles. The number of carbonyl (C=O) groups is 1. The fraction of sp³-hybridized carbons (Fsp3) is 0.286. The number of hydrazone groups is 1. The second-order valence-corrected chi connectivity index (χ2v) is 9.64. The van der Waals surface area contributed by atoms with Gasteiger partial charge in [-0.3, -0.25) is 4.79 Å². The second kappa shape index (κ2) is 12.1. The standard InChI is InChI=1S/C28H30IN3O3/c1-3-34-26-17-22(16-25(29)27(26)35-19-21-8-6-20(2)7-9-21)18-30-31-28(33)23-10-12-24(13-11-23)32-14-4-5-15-32/h6-13,16-18H,3-5,14-15,19H2,1-2H3,(H,31,33)/b30-18-. The Labute approximate surface area is 220 Å². The van der Waals surface area contributed by atoms with Crippen molar-refractivity contribution in [1.29, 1.82) is 0 Å².